The van der Waals surface area contributed by atoms with Gasteiger partial charge in [-0.1, -0.05) is 48.4 Å². The average Bonchev–Trinajstić information content (AvgIpc) is 3.27. The van der Waals surface area contributed by atoms with E-state index in [9.17, 15) is 9.59 Å². The van der Waals surface area contributed by atoms with Gasteiger partial charge in [-0.3, -0.25) is 9.59 Å². The van der Waals surface area contributed by atoms with Gasteiger partial charge in [0.15, 0.2) is 0 Å². The molecule has 32 heavy (non-hydrogen) atoms. The Morgan fingerprint density at radius 3 is 2.53 bits per heavy atom. The van der Waals surface area contributed by atoms with Crippen LogP contribution in [0, 0.1) is 0 Å². The Balaban J connectivity index is 1.59. The van der Waals surface area contributed by atoms with E-state index in [-0.39, 0.29) is 18.2 Å². The number of ether oxygens (including phenoxy) is 1. The lowest BCUT2D eigenvalue weighted by atomic mass is 10.1. The van der Waals surface area contributed by atoms with E-state index in [1.54, 1.807) is 36.3 Å². The lowest BCUT2D eigenvalue weighted by Gasteiger charge is -2.22. The predicted octanol–water partition coefficient (Wildman–Crippen LogP) is 5.14. The number of benzene rings is 2. The van der Waals surface area contributed by atoms with Crippen LogP contribution >= 0.6 is 22.9 Å². The van der Waals surface area contributed by atoms with Gasteiger partial charge in [-0.2, -0.15) is 0 Å². The number of methoxy groups -OCH3 is 1. The highest BCUT2D eigenvalue weighted by atomic mass is 35.5. The number of anilines is 1. The van der Waals surface area contributed by atoms with Crippen LogP contribution in [-0.2, 0) is 4.79 Å². The van der Waals surface area contributed by atoms with Gasteiger partial charge in [0.1, 0.15) is 10.8 Å². The minimum absolute atomic E-state index is 0.150. The number of unbranched alkanes of at least 4 members (excludes halogenated alkanes) is 1. The van der Waals surface area contributed by atoms with Crippen LogP contribution in [0.25, 0.3) is 10.6 Å². The van der Waals surface area contributed by atoms with Crippen molar-refractivity contribution in [2.75, 3.05) is 25.5 Å². The molecule has 0 spiro atoms. The van der Waals surface area contributed by atoms with E-state index in [1.165, 1.54) is 11.3 Å². The summed E-state index contributed by atoms with van der Waals surface area (Å²) in [5, 5.41) is 12.5. The molecule has 0 saturated heterocycles. The molecule has 2 amide bonds. The number of hydrogen-bond acceptors (Lipinski definition) is 6. The van der Waals surface area contributed by atoms with Crippen molar-refractivity contribution in [1.82, 2.24) is 15.1 Å². The summed E-state index contributed by atoms with van der Waals surface area (Å²) in [6.45, 7) is 2.91. The standard InChI is InChI=1S/C23H25ClN4O3S/c1-3-4-14-28(22(30)18-7-5-6-8-19(18)24)15-13-20(29)25-23-27-26-21(32-23)16-9-11-17(31-2)12-10-16/h5-12H,3-4,13-15H2,1-2H3,(H,25,27,29). The molecular weight excluding hydrogens is 448 g/mol. The topological polar surface area (TPSA) is 84.4 Å². The molecule has 168 valence electrons. The number of amides is 2. The van der Waals surface area contributed by atoms with Crippen molar-refractivity contribution in [3.05, 3.63) is 59.1 Å². The molecule has 0 aliphatic carbocycles. The van der Waals surface area contributed by atoms with Crippen LogP contribution in [0.1, 0.15) is 36.5 Å². The van der Waals surface area contributed by atoms with Crippen molar-refractivity contribution in [2.45, 2.75) is 26.2 Å². The fourth-order valence-electron chi connectivity index (χ4n) is 3.01. The maximum atomic E-state index is 12.9. The maximum absolute atomic E-state index is 12.9. The Morgan fingerprint density at radius 1 is 1.09 bits per heavy atom. The summed E-state index contributed by atoms with van der Waals surface area (Å²) >= 11 is 7.48. The second kappa shape index (κ2) is 11.6. The van der Waals surface area contributed by atoms with Crippen LogP contribution in [0.15, 0.2) is 48.5 Å². The minimum Gasteiger partial charge on any atom is -0.497 e. The zero-order valence-electron chi connectivity index (χ0n) is 18.0. The highest BCUT2D eigenvalue weighted by Crippen LogP contribution is 2.27. The summed E-state index contributed by atoms with van der Waals surface area (Å²) in [5.74, 6) is 0.358. The number of nitrogens with one attached hydrogen (secondary N) is 1. The number of hydrogen-bond donors (Lipinski definition) is 1. The largest absolute Gasteiger partial charge is 0.497 e. The average molecular weight is 473 g/mol. The van der Waals surface area contributed by atoms with Crippen molar-refractivity contribution in [3.63, 3.8) is 0 Å². The van der Waals surface area contributed by atoms with Crippen LogP contribution < -0.4 is 10.1 Å². The van der Waals surface area contributed by atoms with Gasteiger partial charge in [-0.15, -0.1) is 10.2 Å². The van der Waals surface area contributed by atoms with Gasteiger partial charge in [0, 0.05) is 25.1 Å². The minimum atomic E-state index is -0.226. The summed E-state index contributed by atoms with van der Waals surface area (Å²) in [7, 11) is 1.61. The smallest absolute Gasteiger partial charge is 0.255 e. The van der Waals surface area contributed by atoms with Crippen molar-refractivity contribution in [2.24, 2.45) is 0 Å². The van der Waals surface area contributed by atoms with Gasteiger partial charge in [-0.25, -0.2) is 0 Å². The second-order valence-corrected chi connectivity index (χ2v) is 8.45. The summed E-state index contributed by atoms with van der Waals surface area (Å²) in [4.78, 5) is 27.1. The fraction of sp³-hybridized carbons (Fsp3) is 0.304. The van der Waals surface area contributed by atoms with E-state index in [0.717, 1.165) is 24.2 Å². The van der Waals surface area contributed by atoms with Crippen molar-refractivity contribution >= 4 is 39.9 Å². The number of aromatic nitrogens is 2. The number of rotatable bonds is 10. The molecule has 7 nitrogen and oxygen atoms in total. The van der Waals surface area contributed by atoms with E-state index in [0.29, 0.717) is 33.8 Å². The van der Waals surface area contributed by atoms with Gasteiger partial charge in [0.25, 0.3) is 5.91 Å². The highest BCUT2D eigenvalue weighted by molar-refractivity contribution is 7.18. The molecule has 0 unspecified atom stereocenters. The SMILES string of the molecule is CCCCN(CCC(=O)Nc1nnc(-c2ccc(OC)cc2)s1)C(=O)c1ccccc1Cl. The van der Waals surface area contributed by atoms with Crippen molar-refractivity contribution in [1.29, 1.82) is 0 Å². The highest BCUT2D eigenvalue weighted by Gasteiger charge is 2.19. The van der Waals surface area contributed by atoms with E-state index in [4.69, 9.17) is 16.3 Å². The van der Waals surface area contributed by atoms with E-state index in [1.807, 2.05) is 24.3 Å². The van der Waals surface area contributed by atoms with Gasteiger partial charge in [-0.05, 0) is 42.8 Å². The van der Waals surface area contributed by atoms with Gasteiger partial charge >= 0.3 is 0 Å². The van der Waals surface area contributed by atoms with Crippen LogP contribution in [0.2, 0.25) is 5.02 Å². The number of carbonyl (C=O) groups is 2. The first-order valence-electron chi connectivity index (χ1n) is 10.3. The van der Waals surface area contributed by atoms with Gasteiger partial charge < -0.3 is 15.0 Å². The molecule has 0 atom stereocenters. The Morgan fingerprint density at radius 2 is 1.84 bits per heavy atom. The molecule has 0 fully saturated rings. The molecule has 0 aliphatic heterocycles. The third kappa shape index (κ3) is 6.27. The molecule has 9 heteroatoms. The predicted molar refractivity (Wildman–Crippen MR) is 127 cm³/mol. The van der Waals surface area contributed by atoms with E-state index >= 15 is 0 Å². The van der Waals surface area contributed by atoms with Crippen LogP contribution in [-0.4, -0.2) is 47.1 Å². The molecule has 3 rings (SSSR count). The monoisotopic (exact) mass is 472 g/mol. The molecule has 0 radical (unpaired) electrons. The number of halogens is 1. The summed E-state index contributed by atoms with van der Waals surface area (Å²) < 4.78 is 5.16. The zero-order chi connectivity index (χ0) is 22.9. The Labute approximate surface area is 196 Å². The lowest BCUT2D eigenvalue weighted by Crippen LogP contribution is -2.34. The molecule has 3 aromatic rings. The van der Waals surface area contributed by atoms with Gasteiger partial charge in [0.2, 0.25) is 11.0 Å². The normalized spacial score (nSPS) is 10.6. The number of nitrogens with zero attached hydrogens (tertiary/aromatic N) is 3. The molecule has 1 N–H and O–H groups in total. The number of carbonyl (C=O) groups excluding carboxylic acids is 2. The molecule has 1 heterocycles. The Kier molecular flexibility index (Phi) is 8.58. The summed E-state index contributed by atoms with van der Waals surface area (Å²) in [6, 6.07) is 14.4. The van der Waals surface area contributed by atoms with E-state index in [2.05, 4.69) is 22.4 Å². The lowest BCUT2D eigenvalue weighted by molar-refractivity contribution is -0.116. The summed E-state index contributed by atoms with van der Waals surface area (Å²) in [5.41, 5.74) is 1.33. The van der Waals surface area contributed by atoms with Crippen LogP contribution in [0.4, 0.5) is 5.13 Å². The molecular formula is C23H25ClN4O3S. The first kappa shape index (κ1) is 23.7. The Hall–Kier alpha value is -2.97. The molecule has 2 aromatic carbocycles. The molecule has 0 aliphatic rings. The zero-order valence-corrected chi connectivity index (χ0v) is 19.6. The maximum Gasteiger partial charge on any atom is 0.255 e. The third-order valence-corrected chi connectivity index (χ3v) is 6.01. The van der Waals surface area contributed by atoms with Crippen molar-refractivity contribution < 1.29 is 14.3 Å². The quantitative estimate of drug-likeness (QED) is 0.441. The van der Waals surface area contributed by atoms with Crippen molar-refractivity contribution in [3.8, 4) is 16.3 Å². The first-order chi connectivity index (χ1) is 15.5. The molecule has 0 bridgehead atoms. The first-order valence-corrected chi connectivity index (χ1v) is 11.5. The third-order valence-electron chi connectivity index (χ3n) is 4.79. The fourth-order valence-corrected chi connectivity index (χ4v) is 3.99. The van der Waals surface area contributed by atoms with Gasteiger partial charge in [0.05, 0.1) is 17.7 Å². The second-order valence-electron chi connectivity index (χ2n) is 7.06. The summed E-state index contributed by atoms with van der Waals surface area (Å²) in [6.07, 6.45) is 1.94. The van der Waals surface area contributed by atoms with Crippen LogP contribution in [0.3, 0.4) is 0 Å². The van der Waals surface area contributed by atoms with E-state index < -0.39 is 0 Å². The van der Waals surface area contributed by atoms with Crippen LogP contribution in [0.5, 0.6) is 5.75 Å². The Bertz CT molecular complexity index is 1060. The molecule has 1 aromatic heterocycles. The molecule has 0 saturated carbocycles.